The number of hydrazine groups is 1. The van der Waals surface area contributed by atoms with E-state index in [9.17, 15) is 13.6 Å². The standard InChI is InChI=1S/C20H21F2N7O/c1-12-5-6-14(29(24)27-18(23)13-9-20(21,22)10-13)8-15(12)26-19(30)16-11-25-17-4-2-3-7-28(16)17/h2-8,11,13H,9-10,24H2,1H3,(H2,23,27)(H,26,30). The van der Waals surface area contributed by atoms with Crippen molar-refractivity contribution in [1.29, 1.82) is 0 Å². The van der Waals surface area contributed by atoms with E-state index in [1.54, 1.807) is 34.9 Å². The number of amides is 1. The van der Waals surface area contributed by atoms with Gasteiger partial charge >= 0.3 is 0 Å². The van der Waals surface area contributed by atoms with E-state index in [-0.39, 0.29) is 24.6 Å². The van der Waals surface area contributed by atoms with Crippen molar-refractivity contribution in [2.45, 2.75) is 25.7 Å². The highest BCUT2D eigenvalue weighted by atomic mass is 19.3. The lowest BCUT2D eigenvalue weighted by Gasteiger charge is -2.34. The number of hydrogen-bond acceptors (Lipinski definition) is 5. The molecule has 5 N–H and O–H groups in total. The van der Waals surface area contributed by atoms with Gasteiger partial charge in [-0.15, -0.1) is 5.10 Å². The number of anilines is 2. The van der Waals surface area contributed by atoms with Gasteiger partial charge in [-0.1, -0.05) is 12.1 Å². The summed E-state index contributed by atoms with van der Waals surface area (Å²) >= 11 is 0. The average molecular weight is 413 g/mol. The molecule has 1 amide bonds. The number of nitrogens with two attached hydrogens (primary N) is 2. The molecular formula is C20H21F2N7O. The number of benzene rings is 1. The fourth-order valence-electron chi connectivity index (χ4n) is 3.31. The maximum atomic E-state index is 13.0. The van der Waals surface area contributed by atoms with E-state index < -0.39 is 11.8 Å². The van der Waals surface area contributed by atoms with Crippen LogP contribution in [0.1, 0.15) is 28.9 Å². The maximum Gasteiger partial charge on any atom is 0.274 e. The van der Waals surface area contributed by atoms with Crippen molar-refractivity contribution < 1.29 is 13.6 Å². The Labute approximate surface area is 171 Å². The predicted molar refractivity (Wildman–Crippen MR) is 110 cm³/mol. The van der Waals surface area contributed by atoms with Gasteiger partial charge < -0.3 is 11.1 Å². The zero-order chi connectivity index (χ0) is 21.5. The van der Waals surface area contributed by atoms with Crippen LogP contribution in [0.5, 0.6) is 0 Å². The van der Waals surface area contributed by atoms with Crippen LogP contribution >= 0.6 is 0 Å². The lowest BCUT2D eigenvalue weighted by atomic mass is 9.81. The van der Waals surface area contributed by atoms with Gasteiger partial charge in [0, 0.05) is 30.6 Å². The molecule has 1 fully saturated rings. The Balaban J connectivity index is 1.52. The Kier molecular flexibility index (Phi) is 4.86. The fraction of sp³-hybridized carbons (Fsp3) is 0.250. The zero-order valence-electron chi connectivity index (χ0n) is 16.2. The molecule has 3 aromatic rings. The fourth-order valence-corrected chi connectivity index (χ4v) is 3.31. The number of hydrazone groups is 1. The van der Waals surface area contributed by atoms with Gasteiger partial charge in [-0.25, -0.2) is 19.6 Å². The molecule has 0 saturated heterocycles. The number of hydrogen-bond donors (Lipinski definition) is 3. The molecule has 4 rings (SSSR count). The van der Waals surface area contributed by atoms with Crippen LogP contribution in [-0.4, -0.2) is 27.1 Å². The number of imidazole rings is 1. The van der Waals surface area contributed by atoms with E-state index in [1.165, 1.54) is 6.20 Å². The van der Waals surface area contributed by atoms with E-state index in [0.717, 1.165) is 10.7 Å². The van der Waals surface area contributed by atoms with E-state index in [2.05, 4.69) is 15.4 Å². The summed E-state index contributed by atoms with van der Waals surface area (Å²) in [6.45, 7) is 1.84. The van der Waals surface area contributed by atoms with Crippen molar-refractivity contribution in [3.05, 3.63) is 60.0 Å². The molecule has 1 saturated carbocycles. The highest BCUT2D eigenvalue weighted by Gasteiger charge is 2.47. The van der Waals surface area contributed by atoms with E-state index in [1.807, 2.05) is 19.1 Å². The SMILES string of the molecule is Cc1ccc(N(N)/N=C(\N)C2CC(F)(F)C2)cc1NC(=O)c1cnc2ccccn12. The summed E-state index contributed by atoms with van der Waals surface area (Å²) in [5, 5.41) is 7.89. The molecule has 0 spiro atoms. The van der Waals surface area contributed by atoms with E-state index in [0.29, 0.717) is 22.7 Å². The molecule has 0 aliphatic heterocycles. The number of nitrogens with one attached hydrogen (secondary N) is 1. The normalized spacial score (nSPS) is 16.3. The topological polar surface area (TPSA) is 114 Å². The third kappa shape index (κ3) is 3.81. The summed E-state index contributed by atoms with van der Waals surface area (Å²) in [5.41, 5.74) is 8.65. The lowest BCUT2D eigenvalue weighted by molar-refractivity contribution is -0.0913. The summed E-state index contributed by atoms with van der Waals surface area (Å²) < 4.78 is 27.8. The summed E-state index contributed by atoms with van der Waals surface area (Å²) in [4.78, 5) is 17.0. The number of carbonyl (C=O) groups excluding carboxylic acids is 1. The van der Waals surface area contributed by atoms with Gasteiger partial charge in [-0.3, -0.25) is 9.20 Å². The first-order valence-electron chi connectivity index (χ1n) is 9.34. The summed E-state index contributed by atoms with van der Waals surface area (Å²) in [6, 6.07) is 10.6. The monoisotopic (exact) mass is 413 g/mol. The molecule has 2 aromatic heterocycles. The Morgan fingerprint density at radius 2 is 2.10 bits per heavy atom. The molecule has 0 atom stereocenters. The molecule has 1 aliphatic rings. The second-order valence-corrected chi connectivity index (χ2v) is 7.36. The lowest BCUT2D eigenvalue weighted by Crippen LogP contribution is -2.44. The number of aromatic nitrogens is 2. The molecule has 156 valence electrons. The molecule has 2 heterocycles. The number of nitrogens with zero attached hydrogens (tertiary/aromatic N) is 4. The smallest absolute Gasteiger partial charge is 0.274 e. The van der Waals surface area contributed by atoms with Crippen molar-refractivity contribution in [3.8, 4) is 0 Å². The van der Waals surface area contributed by atoms with Gasteiger partial charge in [0.05, 0.1) is 11.9 Å². The van der Waals surface area contributed by atoms with Crippen molar-refractivity contribution in [3.63, 3.8) is 0 Å². The van der Waals surface area contributed by atoms with Crippen LogP contribution in [-0.2, 0) is 0 Å². The number of rotatable bonds is 5. The van der Waals surface area contributed by atoms with Crippen molar-refractivity contribution >= 4 is 28.8 Å². The van der Waals surface area contributed by atoms with Gasteiger partial charge in [0.2, 0.25) is 5.92 Å². The van der Waals surface area contributed by atoms with Crippen LogP contribution in [0.2, 0.25) is 0 Å². The number of amidine groups is 1. The quantitative estimate of drug-likeness (QED) is 0.258. The molecule has 30 heavy (non-hydrogen) atoms. The zero-order valence-corrected chi connectivity index (χ0v) is 16.2. The number of fused-ring (bicyclic) bond motifs is 1. The Hall–Kier alpha value is -3.53. The largest absolute Gasteiger partial charge is 0.385 e. The summed E-state index contributed by atoms with van der Waals surface area (Å²) in [6.07, 6.45) is 2.59. The predicted octanol–water partition coefficient (Wildman–Crippen LogP) is 2.89. The van der Waals surface area contributed by atoms with Crippen LogP contribution in [0, 0.1) is 12.8 Å². The first-order valence-corrected chi connectivity index (χ1v) is 9.34. The first kappa shape index (κ1) is 19.8. The highest BCUT2D eigenvalue weighted by Crippen LogP contribution is 2.42. The molecule has 8 nitrogen and oxygen atoms in total. The molecule has 1 aliphatic carbocycles. The van der Waals surface area contributed by atoms with Crippen molar-refractivity contribution in [2.75, 3.05) is 10.4 Å². The number of pyridine rings is 1. The minimum atomic E-state index is -2.69. The van der Waals surface area contributed by atoms with Gasteiger partial charge in [-0.2, -0.15) is 5.12 Å². The number of alkyl halides is 2. The Morgan fingerprint density at radius 1 is 1.33 bits per heavy atom. The minimum absolute atomic E-state index is 0.0558. The Morgan fingerprint density at radius 3 is 2.83 bits per heavy atom. The Bertz CT molecular complexity index is 1130. The van der Waals surface area contributed by atoms with E-state index in [4.69, 9.17) is 11.6 Å². The van der Waals surface area contributed by atoms with Gasteiger partial charge in [0.1, 0.15) is 17.2 Å². The van der Waals surface area contributed by atoms with Gasteiger partial charge in [0.25, 0.3) is 5.91 Å². The van der Waals surface area contributed by atoms with Crippen LogP contribution in [0.25, 0.3) is 5.65 Å². The van der Waals surface area contributed by atoms with Crippen LogP contribution in [0.4, 0.5) is 20.2 Å². The molecule has 0 bridgehead atoms. The van der Waals surface area contributed by atoms with E-state index >= 15 is 0 Å². The molecular weight excluding hydrogens is 392 g/mol. The third-order valence-corrected chi connectivity index (χ3v) is 5.12. The average Bonchev–Trinajstić information content (AvgIpc) is 3.11. The second kappa shape index (κ2) is 7.38. The van der Waals surface area contributed by atoms with Crippen LogP contribution in [0.15, 0.2) is 53.9 Å². The number of aryl methyl sites for hydroxylation is 1. The molecule has 1 aromatic carbocycles. The summed E-state index contributed by atoms with van der Waals surface area (Å²) in [5.74, 6) is 2.48. The maximum absolute atomic E-state index is 13.0. The van der Waals surface area contributed by atoms with Crippen molar-refractivity contribution in [1.82, 2.24) is 9.38 Å². The number of carbonyl (C=O) groups is 1. The third-order valence-electron chi connectivity index (χ3n) is 5.12. The summed E-state index contributed by atoms with van der Waals surface area (Å²) in [7, 11) is 0. The number of halogens is 2. The highest BCUT2D eigenvalue weighted by molar-refractivity contribution is 6.04. The van der Waals surface area contributed by atoms with Crippen molar-refractivity contribution in [2.24, 2.45) is 22.6 Å². The molecule has 0 radical (unpaired) electrons. The second-order valence-electron chi connectivity index (χ2n) is 7.36. The van der Waals surface area contributed by atoms with Crippen LogP contribution < -0.4 is 22.0 Å². The van der Waals surface area contributed by atoms with Gasteiger partial charge in [0.15, 0.2) is 0 Å². The molecule has 0 unspecified atom stereocenters. The first-order chi connectivity index (χ1) is 14.2. The van der Waals surface area contributed by atoms with Crippen LogP contribution in [0.3, 0.4) is 0 Å². The van der Waals surface area contributed by atoms with Gasteiger partial charge in [-0.05, 0) is 36.8 Å². The minimum Gasteiger partial charge on any atom is -0.385 e. The molecule has 10 heteroatoms.